The Morgan fingerprint density at radius 1 is 1.06 bits per heavy atom. The summed E-state index contributed by atoms with van der Waals surface area (Å²) < 4.78 is 6.01. The second kappa shape index (κ2) is 13.4. The standard InChI is InChI=1S/C25H39N5O2.HI/c1-26-25(28-18-22-8-4-5-9-23(22)32-19-20-10-11-20)27-12-13-29-14-16-30(17-15-29)24(31)21-6-2-3-7-21;/h4-5,8-9,20-21H,2-3,6-7,10-19H2,1H3,(H2,26,27,28);1H. The van der Waals surface area contributed by atoms with E-state index in [1.54, 1.807) is 7.05 Å². The van der Waals surface area contributed by atoms with Crippen LogP contribution in [-0.4, -0.2) is 74.6 Å². The third-order valence-corrected chi connectivity index (χ3v) is 6.92. The molecule has 0 aromatic heterocycles. The Kier molecular flexibility index (Phi) is 10.6. The van der Waals surface area contributed by atoms with E-state index < -0.39 is 0 Å². The summed E-state index contributed by atoms with van der Waals surface area (Å²) in [6, 6.07) is 8.23. The molecular formula is C25H40IN5O2. The number of hydrogen-bond donors (Lipinski definition) is 2. The molecule has 8 heteroatoms. The highest BCUT2D eigenvalue weighted by Gasteiger charge is 2.29. The molecule has 0 atom stereocenters. The van der Waals surface area contributed by atoms with Crippen LogP contribution < -0.4 is 15.4 Å². The lowest BCUT2D eigenvalue weighted by atomic mass is 10.1. The van der Waals surface area contributed by atoms with Gasteiger partial charge in [0.1, 0.15) is 5.75 Å². The van der Waals surface area contributed by atoms with E-state index in [0.29, 0.717) is 18.4 Å². The quantitative estimate of drug-likeness (QED) is 0.272. The molecule has 1 heterocycles. The summed E-state index contributed by atoms with van der Waals surface area (Å²) in [5.41, 5.74) is 1.15. The molecule has 33 heavy (non-hydrogen) atoms. The highest BCUT2D eigenvalue weighted by atomic mass is 127. The van der Waals surface area contributed by atoms with E-state index in [1.165, 1.54) is 25.7 Å². The Morgan fingerprint density at radius 2 is 1.79 bits per heavy atom. The van der Waals surface area contributed by atoms with Gasteiger partial charge in [0, 0.05) is 64.3 Å². The first kappa shape index (κ1) is 26.1. The maximum atomic E-state index is 12.6. The lowest BCUT2D eigenvalue weighted by Gasteiger charge is -2.36. The van der Waals surface area contributed by atoms with Crippen LogP contribution >= 0.6 is 24.0 Å². The van der Waals surface area contributed by atoms with E-state index in [-0.39, 0.29) is 24.0 Å². The van der Waals surface area contributed by atoms with E-state index >= 15 is 0 Å². The Bertz CT molecular complexity index is 772. The number of amides is 1. The molecule has 1 aromatic carbocycles. The highest BCUT2D eigenvalue weighted by Crippen LogP contribution is 2.30. The molecule has 0 bridgehead atoms. The zero-order chi connectivity index (χ0) is 22.2. The fourth-order valence-corrected chi connectivity index (χ4v) is 4.64. The molecule has 3 fully saturated rings. The number of carbonyl (C=O) groups is 1. The molecule has 1 aliphatic heterocycles. The van der Waals surface area contributed by atoms with Crippen LogP contribution in [0.1, 0.15) is 44.1 Å². The van der Waals surface area contributed by atoms with Crippen molar-refractivity contribution in [3.05, 3.63) is 29.8 Å². The third kappa shape index (κ3) is 8.02. The molecule has 2 saturated carbocycles. The van der Waals surface area contributed by atoms with Gasteiger partial charge in [0.05, 0.1) is 6.61 Å². The van der Waals surface area contributed by atoms with Gasteiger partial charge in [-0.1, -0.05) is 31.0 Å². The molecule has 0 radical (unpaired) electrons. The Morgan fingerprint density at radius 3 is 2.48 bits per heavy atom. The summed E-state index contributed by atoms with van der Waals surface area (Å²) in [5, 5.41) is 6.83. The van der Waals surface area contributed by atoms with Crippen LogP contribution in [0.4, 0.5) is 0 Å². The molecule has 7 nitrogen and oxygen atoms in total. The van der Waals surface area contributed by atoms with E-state index in [2.05, 4.69) is 31.5 Å². The number of nitrogens with one attached hydrogen (secondary N) is 2. The summed E-state index contributed by atoms with van der Waals surface area (Å²) in [5.74, 6) is 3.20. The van der Waals surface area contributed by atoms with Crippen LogP contribution in [0.5, 0.6) is 5.75 Å². The van der Waals surface area contributed by atoms with Gasteiger partial charge in [0.25, 0.3) is 0 Å². The summed E-state index contributed by atoms with van der Waals surface area (Å²) in [4.78, 5) is 21.5. The molecule has 1 amide bonds. The molecule has 0 unspecified atom stereocenters. The van der Waals surface area contributed by atoms with Crippen molar-refractivity contribution in [2.45, 2.75) is 45.1 Å². The summed E-state index contributed by atoms with van der Waals surface area (Å²) >= 11 is 0. The van der Waals surface area contributed by atoms with Crippen molar-refractivity contribution in [1.82, 2.24) is 20.4 Å². The van der Waals surface area contributed by atoms with Gasteiger partial charge in [-0.15, -0.1) is 24.0 Å². The number of benzene rings is 1. The molecule has 1 saturated heterocycles. The maximum Gasteiger partial charge on any atom is 0.225 e. The highest BCUT2D eigenvalue weighted by molar-refractivity contribution is 14.0. The predicted octanol–water partition coefficient (Wildman–Crippen LogP) is 3.09. The minimum absolute atomic E-state index is 0. The van der Waals surface area contributed by atoms with Crippen LogP contribution in [0.25, 0.3) is 0 Å². The molecule has 1 aromatic rings. The third-order valence-electron chi connectivity index (χ3n) is 6.92. The average molecular weight is 570 g/mol. The Labute approximate surface area is 215 Å². The van der Waals surface area contributed by atoms with Crippen molar-refractivity contribution in [3.63, 3.8) is 0 Å². The summed E-state index contributed by atoms with van der Waals surface area (Å²) in [6.45, 7) is 6.92. The van der Waals surface area contributed by atoms with Gasteiger partial charge >= 0.3 is 0 Å². The minimum Gasteiger partial charge on any atom is -0.493 e. The monoisotopic (exact) mass is 569 g/mol. The Hall–Kier alpha value is -1.55. The smallest absolute Gasteiger partial charge is 0.225 e. The van der Waals surface area contributed by atoms with Crippen LogP contribution in [0, 0.1) is 11.8 Å². The molecule has 4 rings (SSSR count). The fourth-order valence-electron chi connectivity index (χ4n) is 4.64. The van der Waals surface area contributed by atoms with E-state index in [4.69, 9.17) is 4.74 Å². The zero-order valence-corrected chi connectivity index (χ0v) is 22.3. The number of piperazine rings is 1. The van der Waals surface area contributed by atoms with Crippen molar-refractivity contribution in [3.8, 4) is 5.75 Å². The predicted molar refractivity (Wildman–Crippen MR) is 143 cm³/mol. The number of rotatable bonds is 9. The second-order valence-electron chi connectivity index (χ2n) is 9.36. The van der Waals surface area contributed by atoms with Gasteiger partial charge in [0.2, 0.25) is 5.91 Å². The largest absolute Gasteiger partial charge is 0.493 e. The van der Waals surface area contributed by atoms with Crippen LogP contribution in [-0.2, 0) is 11.3 Å². The van der Waals surface area contributed by atoms with Gasteiger partial charge in [-0.25, -0.2) is 0 Å². The summed E-state index contributed by atoms with van der Waals surface area (Å²) in [7, 11) is 1.80. The van der Waals surface area contributed by atoms with Gasteiger partial charge in [-0.05, 0) is 37.7 Å². The average Bonchev–Trinajstić information content (AvgIpc) is 3.50. The number of carbonyl (C=O) groups excluding carboxylic acids is 1. The number of ether oxygens (including phenoxy) is 1. The number of para-hydroxylation sites is 1. The normalized spacial score (nSPS) is 19.8. The maximum absolute atomic E-state index is 12.6. The van der Waals surface area contributed by atoms with Gasteiger partial charge in [-0.2, -0.15) is 0 Å². The van der Waals surface area contributed by atoms with E-state index in [9.17, 15) is 4.79 Å². The van der Waals surface area contributed by atoms with Crippen molar-refractivity contribution < 1.29 is 9.53 Å². The number of halogens is 1. The van der Waals surface area contributed by atoms with Gasteiger partial charge in [-0.3, -0.25) is 14.7 Å². The lowest BCUT2D eigenvalue weighted by Crippen LogP contribution is -2.51. The first-order chi connectivity index (χ1) is 15.7. The van der Waals surface area contributed by atoms with Crippen molar-refractivity contribution >= 4 is 35.8 Å². The molecule has 184 valence electrons. The van der Waals surface area contributed by atoms with E-state index in [1.807, 2.05) is 18.2 Å². The van der Waals surface area contributed by atoms with Crippen molar-refractivity contribution in [1.29, 1.82) is 0 Å². The first-order valence-corrected chi connectivity index (χ1v) is 12.4. The van der Waals surface area contributed by atoms with Crippen molar-refractivity contribution in [2.75, 3.05) is 52.9 Å². The number of aliphatic imine (C=N–C) groups is 1. The number of hydrogen-bond acceptors (Lipinski definition) is 4. The molecule has 0 spiro atoms. The SMILES string of the molecule is CN=C(NCCN1CCN(C(=O)C2CCCC2)CC1)NCc1ccccc1OCC1CC1.I. The fraction of sp³-hybridized carbons (Fsp3) is 0.680. The van der Waals surface area contributed by atoms with Crippen LogP contribution in [0.15, 0.2) is 29.3 Å². The number of nitrogens with zero attached hydrogens (tertiary/aromatic N) is 3. The number of guanidine groups is 1. The van der Waals surface area contributed by atoms with Gasteiger partial charge < -0.3 is 20.3 Å². The van der Waals surface area contributed by atoms with Crippen LogP contribution in [0.3, 0.4) is 0 Å². The Balaban J connectivity index is 0.00000306. The topological polar surface area (TPSA) is 69.2 Å². The zero-order valence-electron chi connectivity index (χ0n) is 19.9. The first-order valence-electron chi connectivity index (χ1n) is 12.4. The minimum atomic E-state index is 0. The van der Waals surface area contributed by atoms with Crippen molar-refractivity contribution in [2.24, 2.45) is 16.8 Å². The molecule has 2 aliphatic carbocycles. The van der Waals surface area contributed by atoms with Crippen LogP contribution in [0.2, 0.25) is 0 Å². The molecular weight excluding hydrogens is 529 g/mol. The lowest BCUT2D eigenvalue weighted by molar-refractivity contribution is -0.137. The van der Waals surface area contributed by atoms with E-state index in [0.717, 1.165) is 81.9 Å². The summed E-state index contributed by atoms with van der Waals surface area (Å²) in [6.07, 6.45) is 7.21. The van der Waals surface area contributed by atoms with Gasteiger partial charge in [0.15, 0.2) is 5.96 Å². The second-order valence-corrected chi connectivity index (χ2v) is 9.36. The molecule has 2 N–H and O–H groups in total. The molecule has 3 aliphatic rings.